The van der Waals surface area contributed by atoms with Crippen LogP contribution in [0.3, 0.4) is 0 Å². The van der Waals surface area contributed by atoms with Crippen molar-refractivity contribution in [2.24, 2.45) is 0 Å². The fourth-order valence-corrected chi connectivity index (χ4v) is 2.89. The molecule has 0 radical (unpaired) electrons. The maximum absolute atomic E-state index is 12.5. The van der Waals surface area contributed by atoms with Crippen molar-refractivity contribution < 1.29 is 9.53 Å². The van der Waals surface area contributed by atoms with E-state index in [1.54, 1.807) is 6.07 Å². The fraction of sp³-hybridized carbons (Fsp3) is 0.316. The van der Waals surface area contributed by atoms with Gasteiger partial charge in [0.1, 0.15) is 11.9 Å². The Morgan fingerprint density at radius 1 is 1.18 bits per heavy atom. The molecule has 3 nitrogen and oxygen atoms in total. The summed E-state index contributed by atoms with van der Waals surface area (Å²) in [5.74, 6) is 0.785. The Kier molecular flexibility index (Phi) is 3.65. The van der Waals surface area contributed by atoms with E-state index in [0.717, 1.165) is 23.1 Å². The van der Waals surface area contributed by atoms with Crippen LogP contribution >= 0.6 is 0 Å². The van der Waals surface area contributed by atoms with Gasteiger partial charge in [-0.15, -0.1) is 0 Å². The molecular formula is C19H21NO2. The molecule has 3 heteroatoms. The molecule has 0 aromatic heterocycles. The predicted octanol–water partition coefficient (Wildman–Crippen LogP) is 4.15. The van der Waals surface area contributed by atoms with Crippen molar-refractivity contribution in [2.75, 3.05) is 5.73 Å². The third-order valence-corrected chi connectivity index (χ3v) is 4.57. The van der Waals surface area contributed by atoms with Crippen molar-refractivity contribution in [2.45, 2.75) is 39.7 Å². The van der Waals surface area contributed by atoms with Gasteiger partial charge in [-0.05, 0) is 48.6 Å². The molecule has 1 atom stereocenters. The molecule has 114 valence electrons. The molecule has 2 aromatic rings. The lowest BCUT2D eigenvalue weighted by Gasteiger charge is -2.28. The van der Waals surface area contributed by atoms with Gasteiger partial charge in [0.25, 0.3) is 0 Å². The number of carbonyl (C=O) groups excluding carboxylic acids is 1. The van der Waals surface area contributed by atoms with Gasteiger partial charge in [-0.2, -0.15) is 0 Å². The lowest BCUT2D eigenvalue weighted by Crippen LogP contribution is -2.22. The highest BCUT2D eigenvalue weighted by Crippen LogP contribution is 2.40. The fourth-order valence-electron chi connectivity index (χ4n) is 2.89. The SMILES string of the molecule is CCc1ccc(C2CC(=O)c3cc(N)c(C)c(C)c3O2)cc1. The van der Waals surface area contributed by atoms with E-state index in [9.17, 15) is 4.79 Å². The topological polar surface area (TPSA) is 52.3 Å². The maximum atomic E-state index is 12.5. The highest BCUT2D eigenvalue weighted by atomic mass is 16.5. The maximum Gasteiger partial charge on any atom is 0.170 e. The number of benzene rings is 2. The second-order valence-electron chi connectivity index (χ2n) is 5.92. The predicted molar refractivity (Wildman–Crippen MR) is 88.5 cm³/mol. The van der Waals surface area contributed by atoms with Gasteiger partial charge in [0, 0.05) is 5.69 Å². The first-order chi connectivity index (χ1) is 10.5. The summed E-state index contributed by atoms with van der Waals surface area (Å²) in [6, 6.07) is 10.1. The van der Waals surface area contributed by atoms with E-state index in [1.807, 2.05) is 13.8 Å². The van der Waals surface area contributed by atoms with Gasteiger partial charge in [0.05, 0.1) is 12.0 Å². The van der Waals surface area contributed by atoms with E-state index in [2.05, 4.69) is 31.2 Å². The van der Waals surface area contributed by atoms with E-state index in [4.69, 9.17) is 10.5 Å². The van der Waals surface area contributed by atoms with Crippen molar-refractivity contribution in [3.8, 4) is 5.75 Å². The Morgan fingerprint density at radius 2 is 1.86 bits per heavy atom. The van der Waals surface area contributed by atoms with Crippen LogP contribution in [0.15, 0.2) is 30.3 Å². The molecule has 1 heterocycles. The molecule has 0 saturated heterocycles. The van der Waals surface area contributed by atoms with Crippen LogP contribution in [0, 0.1) is 13.8 Å². The summed E-state index contributed by atoms with van der Waals surface area (Å²) >= 11 is 0. The van der Waals surface area contributed by atoms with E-state index < -0.39 is 0 Å². The monoisotopic (exact) mass is 295 g/mol. The number of rotatable bonds is 2. The summed E-state index contributed by atoms with van der Waals surface area (Å²) < 4.78 is 6.15. The number of nitrogen functional groups attached to an aromatic ring is 1. The Balaban J connectivity index is 1.99. The normalized spacial score (nSPS) is 17.0. The molecule has 1 unspecified atom stereocenters. The van der Waals surface area contributed by atoms with Crippen LogP contribution in [0.4, 0.5) is 5.69 Å². The first-order valence-electron chi connectivity index (χ1n) is 7.69. The van der Waals surface area contributed by atoms with Crippen molar-refractivity contribution >= 4 is 11.5 Å². The average Bonchev–Trinajstić information content (AvgIpc) is 2.54. The molecule has 0 aliphatic carbocycles. The van der Waals surface area contributed by atoms with Gasteiger partial charge in [0.15, 0.2) is 5.78 Å². The number of Topliss-reactive ketones (excluding diaryl/α,β-unsaturated/α-hetero) is 1. The van der Waals surface area contributed by atoms with E-state index in [-0.39, 0.29) is 11.9 Å². The number of nitrogens with two attached hydrogens (primary N) is 1. The smallest absolute Gasteiger partial charge is 0.170 e. The summed E-state index contributed by atoms with van der Waals surface area (Å²) in [5.41, 5.74) is 11.5. The molecule has 0 fully saturated rings. The number of ketones is 1. The lowest BCUT2D eigenvalue weighted by molar-refractivity contribution is 0.0848. The number of aryl methyl sites for hydroxylation is 1. The first-order valence-corrected chi connectivity index (χ1v) is 7.69. The number of carbonyl (C=O) groups is 1. The number of hydrogen-bond acceptors (Lipinski definition) is 3. The van der Waals surface area contributed by atoms with Crippen LogP contribution in [0.25, 0.3) is 0 Å². The zero-order valence-electron chi connectivity index (χ0n) is 13.3. The average molecular weight is 295 g/mol. The molecule has 1 aliphatic rings. The molecule has 0 spiro atoms. The second kappa shape index (κ2) is 5.48. The van der Waals surface area contributed by atoms with Gasteiger partial charge >= 0.3 is 0 Å². The highest BCUT2D eigenvalue weighted by Gasteiger charge is 2.30. The standard InChI is InChI=1S/C19H21NO2/c1-4-13-5-7-14(8-6-13)18-10-17(21)15-9-16(20)11(2)12(3)19(15)22-18/h5-9,18H,4,10,20H2,1-3H3. The van der Waals surface area contributed by atoms with Crippen LogP contribution in [0.5, 0.6) is 5.75 Å². The Hall–Kier alpha value is -2.29. The number of fused-ring (bicyclic) bond motifs is 1. The Labute approximate surface area is 131 Å². The molecule has 1 aliphatic heterocycles. The molecule has 22 heavy (non-hydrogen) atoms. The minimum absolute atomic E-state index is 0.0978. The van der Waals surface area contributed by atoms with Gasteiger partial charge in [0.2, 0.25) is 0 Å². The molecule has 0 amide bonds. The zero-order valence-corrected chi connectivity index (χ0v) is 13.3. The minimum atomic E-state index is -0.215. The molecule has 3 rings (SSSR count). The van der Waals surface area contributed by atoms with Gasteiger partial charge < -0.3 is 10.5 Å². The van der Waals surface area contributed by atoms with Crippen LogP contribution in [0.2, 0.25) is 0 Å². The summed E-state index contributed by atoms with van der Waals surface area (Å²) in [6.45, 7) is 6.04. The first kappa shape index (κ1) is 14.6. The molecule has 2 aromatic carbocycles. The largest absolute Gasteiger partial charge is 0.484 e. The van der Waals surface area contributed by atoms with Crippen LogP contribution < -0.4 is 10.5 Å². The summed E-state index contributed by atoms with van der Waals surface area (Å²) in [5, 5.41) is 0. The van der Waals surface area contributed by atoms with Crippen LogP contribution in [-0.2, 0) is 6.42 Å². The van der Waals surface area contributed by atoms with Gasteiger partial charge in [-0.25, -0.2) is 0 Å². The van der Waals surface area contributed by atoms with Gasteiger partial charge in [-0.1, -0.05) is 31.2 Å². The van der Waals surface area contributed by atoms with Crippen molar-refractivity contribution in [3.05, 3.63) is 58.1 Å². The van der Waals surface area contributed by atoms with Gasteiger partial charge in [-0.3, -0.25) is 4.79 Å². The van der Waals surface area contributed by atoms with E-state index >= 15 is 0 Å². The summed E-state index contributed by atoms with van der Waals surface area (Å²) in [4.78, 5) is 12.5. The third kappa shape index (κ3) is 2.37. The zero-order chi connectivity index (χ0) is 15.9. The third-order valence-electron chi connectivity index (χ3n) is 4.57. The quantitative estimate of drug-likeness (QED) is 0.847. The van der Waals surface area contributed by atoms with Crippen LogP contribution in [-0.4, -0.2) is 5.78 Å². The number of hydrogen-bond donors (Lipinski definition) is 1. The highest BCUT2D eigenvalue weighted by molar-refractivity contribution is 6.01. The Morgan fingerprint density at radius 3 is 2.50 bits per heavy atom. The molecular weight excluding hydrogens is 274 g/mol. The van der Waals surface area contributed by atoms with Crippen molar-refractivity contribution in [1.29, 1.82) is 0 Å². The minimum Gasteiger partial charge on any atom is -0.484 e. The summed E-state index contributed by atoms with van der Waals surface area (Å²) in [7, 11) is 0. The molecule has 0 bridgehead atoms. The van der Waals surface area contributed by atoms with Crippen LogP contribution in [0.1, 0.15) is 52.1 Å². The summed E-state index contributed by atoms with van der Waals surface area (Å²) in [6.07, 6.45) is 1.15. The second-order valence-corrected chi connectivity index (χ2v) is 5.92. The lowest BCUT2D eigenvalue weighted by atomic mass is 9.92. The van der Waals surface area contributed by atoms with Crippen molar-refractivity contribution in [3.63, 3.8) is 0 Å². The van der Waals surface area contributed by atoms with E-state index in [1.165, 1.54) is 5.56 Å². The number of ether oxygens (including phenoxy) is 1. The molecule has 0 saturated carbocycles. The molecule has 2 N–H and O–H groups in total. The Bertz CT molecular complexity index is 732. The number of anilines is 1. The van der Waals surface area contributed by atoms with Crippen molar-refractivity contribution in [1.82, 2.24) is 0 Å². The van der Waals surface area contributed by atoms with E-state index in [0.29, 0.717) is 23.4 Å².